The van der Waals surface area contributed by atoms with Gasteiger partial charge in [0.1, 0.15) is 0 Å². The van der Waals surface area contributed by atoms with Crippen molar-refractivity contribution in [3.8, 4) is 11.3 Å². The minimum Gasteiger partial charge on any atom is -0.354 e. The third-order valence-electron chi connectivity index (χ3n) is 7.30. The molecule has 7 nitrogen and oxygen atoms in total. The number of para-hydroxylation sites is 1. The van der Waals surface area contributed by atoms with Crippen molar-refractivity contribution in [3.63, 3.8) is 0 Å². The van der Waals surface area contributed by atoms with Crippen LogP contribution in [0.1, 0.15) is 24.8 Å². The molecule has 0 aliphatic carbocycles. The monoisotopic (exact) mass is 500 g/mol. The number of aromatic nitrogens is 3. The summed E-state index contributed by atoms with van der Waals surface area (Å²) in [4.78, 5) is 23.8. The van der Waals surface area contributed by atoms with Gasteiger partial charge in [0.25, 0.3) is 0 Å². The van der Waals surface area contributed by atoms with Gasteiger partial charge in [0, 0.05) is 60.2 Å². The number of piperidine rings is 1. The SMILES string of the molecule is O=C(Nc1ccc(Cl)cc1)N1CCC(CNc2nccc(-c3cn4c5c(cccc35)CCC4)n2)CC1. The van der Waals surface area contributed by atoms with Gasteiger partial charge in [-0.25, -0.2) is 14.8 Å². The number of urea groups is 1. The molecule has 2 aromatic heterocycles. The van der Waals surface area contributed by atoms with Gasteiger partial charge in [-0.15, -0.1) is 0 Å². The van der Waals surface area contributed by atoms with Crippen LogP contribution in [0, 0.1) is 5.92 Å². The molecule has 2 amide bonds. The zero-order chi connectivity index (χ0) is 24.5. The standard InChI is InChI=1S/C28H29ClN6O/c29-21-6-8-22(9-7-21)32-28(36)34-15-11-19(12-16-34)17-31-27-30-13-10-25(33-27)24-18-35-14-2-4-20-3-1-5-23(24)26(20)35/h1,3,5-10,13,18-19H,2,4,11-12,14-17H2,(H,32,36)(H,30,31,33). The van der Waals surface area contributed by atoms with Crippen molar-refractivity contribution in [3.05, 3.63) is 71.5 Å². The number of carbonyl (C=O) groups is 1. The van der Waals surface area contributed by atoms with Crippen LogP contribution in [0.15, 0.2) is 60.9 Å². The molecule has 2 aliphatic heterocycles. The van der Waals surface area contributed by atoms with Gasteiger partial charge in [0.2, 0.25) is 5.95 Å². The Balaban J connectivity index is 1.06. The van der Waals surface area contributed by atoms with Crippen molar-refractivity contribution in [2.45, 2.75) is 32.2 Å². The maximum atomic E-state index is 12.6. The van der Waals surface area contributed by atoms with E-state index < -0.39 is 0 Å². The summed E-state index contributed by atoms with van der Waals surface area (Å²) in [6, 6.07) is 15.7. The molecule has 0 spiro atoms. The van der Waals surface area contributed by atoms with Crippen molar-refractivity contribution in [2.75, 3.05) is 30.3 Å². The molecule has 0 saturated carbocycles. The Labute approximate surface area is 215 Å². The minimum absolute atomic E-state index is 0.0638. The molecule has 0 unspecified atom stereocenters. The zero-order valence-corrected chi connectivity index (χ0v) is 20.8. The van der Waals surface area contributed by atoms with Gasteiger partial charge in [-0.1, -0.05) is 29.8 Å². The molecule has 36 heavy (non-hydrogen) atoms. The first-order chi connectivity index (χ1) is 17.6. The molecule has 2 aliphatic rings. The molecule has 8 heteroatoms. The number of nitrogens with one attached hydrogen (secondary N) is 2. The van der Waals surface area contributed by atoms with E-state index in [2.05, 4.69) is 44.6 Å². The van der Waals surface area contributed by atoms with Crippen LogP contribution in [0.2, 0.25) is 5.02 Å². The Morgan fingerprint density at radius 3 is 2.72 bits per heavy atom. The number of aryl methyl sites for hydroxylation is 2. The first-order valence-corrected chi connectivity index (χ1v) is 13.0. The van der Waals surface area contributed by atoms with Gasteiger partial charge < -0.3 is 20.1 Å². The Hall–Kier alpha value is -3.58. The van der Waals surface area contributed by atoms with E-state index in [9.17, 15) is 4.79 Å². The van der Waals surface area contributed by atoms with E-state index in [1.165, 1.54) is 28.5 Å². The van der Waals surface area contributed by atoms with Gasteiger partial charge in [-0.2, -0.15) is 0 Å². The summed E-state index contributed by atoms with van der Waals surface area (Å²) in [5.74, 6) is 1.12. The van der Waals surface area contributed by atoms with Crippen LogP contribution < -0.4 is 10.6 Å². The normalized spacial score (nSPS) is 15.8. The van der Waals surface area contributed by atoms with E-state index in [4.69, 9.17) is 16.6 Å². The fraction of sp³-hybridized carbons (Fsp3) is 0.321. The molecule has 4 aromatic rings. The van der Waals surface area contributed by atoms with E-state index >= 15 is 0 Å². The summed E-state index contributed by atoms with van der Waals surface area (Å²) in [6.07, 6.45) is 8.27. The third-order valence-corrected chi connectivity index (χ3v) is 7.56. The van der Waals surface area contributed by atoms with Gasteiger partial charge in [0.15, 0.2) is 0 Å². The van der Waals surface area contributed by atoms with Gasteiger partial charge in [-0.3, -0.25) is 0 Å². The van der Waals surface area contributed by atoms with Gasteiger partial charge >= 0.3 is 6.03 Å². The number of hydrogen-bond donors (Lipinski definition) is 2. The van der Waals surface area contributed by atoms with Gasteiger partial charge in [-0.05, 0) is 67.5 Å². The molecular formula is C28H29ClN6O. The highest BCUT2D eigenvalue weighted by Crippen LogP contribution is 2.34. The van der Waals surface area contributed by atoms with Crippen molar-refractivity contribution >= 4 is 40.2 Å². The number of carbonyl (C=O) groups excluding carboxylic acids is 1. The minimum atomic E-state index is -0.0638. The Morgan fingerprint density at radius 1 is 1.06 bits per heavy atom. The lowest BCUT2D eigenvalue weighted by Crippen LogP contribution is -2.42. The van der Waals surface area contributed by atoms with Crippen LogP contribution >= 0.6 is 11.6 Å². The smallest absolute Gasteiger partial charge is 0.321 e. The fourth-order valence-corrected chi connectivity index (χ4v) is 5.49. The molecule has 6 rings (SSSR count). The van der Waals surface area contributed by atoms with Crippen molar-refractivity contribution in [1.82, 2.24) is 19.4 Å². The highest BCUT2D eigenvalue weighted by molar-refractivity contribution is 6.30. The van der Waals surface area contributed by atoms with Crippen LogP contribution in [0.4, 0.5) is 16.4 Å². The largest absolute Gasteiger partial charge is 0.354 e. The molecule has 4 heterocycles. The van der Waals surface area contributed by atoms with Crippen LogP contribution in [0.5, 0.6) is 0 Å². The molecule has 0 atom stereocenters. The van der Waals surface area contributed by atoms with E-state index in [-0.39, 0.29) is 6.03 Å². The average molecular weight is 501 g/mol. The molecule has 2 N–H and O–H groups in total. The number of nitrogens with zero attached hydrogens (tertiary/aromatic N) is 4. The Kier molecular flexibility index (Phi) is 6.23. The number of halogens is 1. The highest BCUT2D eigenvalue weighted by Gasteiger charge is 2.23. The zero-order valence-electron chi connectivity index (χ0n) is 20.1. The van der Waals surface area contributed by atoms with Crippen LogP contribution in [-0.4, -0.2) is 45.1 Å². The second-order valence-corrected chi connectivity index (χ2v) is 10.1. The lowest BCUT2D eigenvalue weighted by molar-refractivity contribution is 0.185. The Morgan fingerprint density at radius 2 is 1.89 bits per heavy atom. The molecule has 1 fully saturated rings. The van der Waals surface area contributed by atoms with Crippen LogP contribution in [0.25, 0.3) is 22.2 Å². The first-order valence-electron chi connectivity index (χ1n) is 12.6. The number of likely N-dealkylation sites (tertiary alicyclic amines) is 1. The highest BCUT2D eigenvalue weighted by atomic mass is 35.5. The summed E-state index contributed by atoms with van der Waals surface area (Å²) in [6.45, 7) is 3.31. The van der Waals surface area contributed by atoms with Gasteiger partial charge in [0.05, 0.1) is 11.2 Å². The van der Waals surface area contributed by atoms with Crippen molar-refractivity contribution < 1.29 is 4.79 Å². The quantitative estimate of drug-likeness (QED) is 0.349. The first kappa shape index (κ1) is 22.9. The topological polar surface area (TPSA) is 75.1 Å². The predicted molar refractivity (Wildman–Crippen MR) is 145 cm³/mol. The number of amides is 2. The Bertz CT molecular complexity index is 1390. The number of benzene rings is 2. The van der Waals surface area contributed by atoms with Crippen LogP contribution in [0.3, 0.4) is 0 Å². The van der Waals surface area contributed by atoms with Crippen molar-refractivity contribution in [2.24, 2.45) is 5.92 Å². The number of rotatable bonds is 5. The maximum Gasteiger partial charge on any atom is 0.321 e. The van der Waals surface area contributed by atoms with E-state index in [1.807, 2.05) is 29.3 Å². The number of anilines is 2. The summed E-state index contributed by atoms with van der Waals surface area (Å²) in [5, 5.41) is 8.31. The summed E-state index contributed by atoms with van der Waals surface area (Å²) < 4.78 is 2.37. The van der Waals surface area contributed by atoms with Crippen molar-refractivity contribution in [1.29, 1.82) is 0 Å². The summed E-state index contributed by atoms with van der Waals surface area (Å²) >= 11 is 5.93. The molecule has 2 aromatic carbocycles. The van der Waals surface area contributed by atoms with E-state index in [0.717, 1.165) is 56.8 Å². The average Bonchev–Trinajstić information content (AvgIpc) is 3.30. The second-order valence-electron chi connectivity index (χ2n) is 9.67. The molecular weight excluding hydrogens is 472 g/mol. The summed E-state index contributed by atoms with van der Waals surface area (Å²) in [7, 11) is 0. The molecule has 0 radical (unpaired) electrons. The molecule has 0 bridgehead atoms. The molecule has 1 saturated heterocycles. The predicted octanol–water partition coefficient (Wildman–Crippen LogP) is 6.05. The lowest BCUT2D eigenvalue weighted by atomic mass is 9.97. The lowest BCUT2D eigenvalue weighted by Gasteiger charge is -2.32. The number of hydrogen-bond acceptors (Lipinski definition) is 4. The van der Waals surface area contributed by atoms with Crippen LogP contribution in [-0.2, 0) is 13.0 Å². The second kappa shape index (κ2) is 9.82. The third kappa shape index (κ3) is 4.63. The fourth-order valence-electron chi connectivity index (χ4n) is 5.37. The van der Waals surface area contributed by atoms with E-state index in [0.29, 0.717) is 16.9 Å². The maximum absolute atomic E-state index is 12.6. The summed E-state index contributed by atoms with van der Waals surface area (Å²) in [5.41, 5.74) is 5.64. The molecule has 184 valence electrons. The van der Waals surface area contributed by atoms with E-state index in [1.54, 1.807) is 12.1 Å².